The Bertz CT molecular complexity index is 1010. The first-order valence-electron chi connectivity index (χ1n) is 8.47. The van der Waals surface area contributed by atoms with Gasteiger partial charge in [-0.2, -0.15) is 0 Å². The fourth-order valence-corrected chi connectivity index (χ4v) is 2.99. The highest BCUT2D eigenvalue weighted by molar-refractivity contribution is 9.10. The molecule has 0 bridgehead atoms. The maximum Gasteiger partial charge on any atom is 0.373 e. The van der Waals surface area contributed by atoms with Crippen molar-refractivity contribution >= 4 is 39.9 Å². The average molecular weight is 461 g/mol. The fraction of sp³-hybridized carbons (Fsp3) is 0.150. The van der Waals surface area contributed by atoms with Crippen LogP contribution in [-0.4, -0.2) is 36.5 Å². The van der Waals surface area contributed by atoms with Crippen LogP contribution in [0.25, 0.3) is 6.08 Å². The van der Waals surface area contributed by atoms with Crippen molar-refractivity contribution in [3.63, 3.8) is 0 Å². The lowest BCUT2D eigenvalue weighted by molar-refractivity contribution is -0.123. The number of esters is 1. The van der Waals surface area contributed by atoms with E-state index in [0.717, 1.165) is 9.37 Å². The molecule has 150 valence electrons. The number of urea groups is 1. The molecule has 3 amide bonds. The number of carbonyl (C=O) groups is 3. The molecule has 9 heteroatoms. The number of benzene rings is 1. The van der Waals surface area contributed by atoms with Crippen molar-refractivity contribution < 1.29 is 28.3 Å². The Balaban J connectivity index is 1.82. The molecule has 1 N–H and O–H groups in total. The van der Waals surface area contributed by atoms with Gasteiger partial charge in [0.1, 0.15) is 23.8 Å². The van der Waals surface area contributed by atoms with Gasteiger partial charge < -0.3 is 19.2 Å². The molecule has 2 heterocycles. The number of hydrogen-bond acceptors (Lipinski definition) is 6. The number of carbonyl (C=O) groups excluding carboxylic acids is 3. The summed E-state index contributed by atoms with van der Waals surface area (Å²) < 4.78 is 16.3. The fourth-order valence-electron chi connectivity index (χ4n) is 2.61. The molecule has 1 aromatic heterocycles. The molecule has 8 nitrogen and oxygen atoms in total. The summed E-state index contributed by atoms with van der Waals surface area (Å²) in [5.41, 5.74) is 0.703. The molecule has 0 saturated carbocycles. The van der Waals surface area contributed by atoms with Gasteiger partial charge in [0.05, 0.1) is 13.7 Å². The number of imide groups is 1. The molecule has 29 heavy (non-hydrogen) atoms. The molecule has 1 aliphatic heterocycles. The van der Waals surface area contributed by atoms with Crippen molar-refractivity contribution in [2.45, 2.75) is 6.54 Å². The van der Waals surface area contributed by atoms with E-state index in [1.807, 2.05) is 0 Å². The summed E-state index contributed by atoms with van der Waals surface area (Å²) in [7, 11) is 1.23. The van der Waals surface area contributed by atoms with Crippen molar-refractivity contribution in [1.29, 1.82) is 0 Å². The van der Waals surface area contributed by atoms with E-state index in [9.17, 15) is 14.4 Å². The van der Waals surface area contributed by atoms with Gasteiger partial charge in [0.25, 0.3) is 5.91 Å². The average Bonchev–Trinajstić information content (AvgIpc) is 3.27. The number of furan rings is 1. The van der Waals surface area contributed by atoms with E-state index >= 15 is 0 Å². The van der Waals surface area contributed by atoms with Gasteiger partial charge in [-0.25, -0.2) is 9.59 Å². The molecule has 0 spiro atoms. The van der Waals surface area contributed by atoms with Gasteiger partial charge in [-0.15, -0.1) is 0 Å². The van der Waals surface area contributed by atoms with Crippen molar-refractivity contribution in [3.05, 3.63) is 70.2 Å². The number of nitrogens with zero attached hydrogens (tertiary/aromatic N) is 1. The minimum atomic E-state index is -0.643. The predicted octanol–water partition coefficient (Wildman–Crippen LogP) is 3.49. The Morgan fingerprint density at radius 1 is 1.31 bits per heavy atom. The lowest BCUT2D eigenvalue weighted by atomic mass is 10.1. The molecule has 0 radical (unpaired) electrons. The van der Waals surface area contributed by atoms with Crippen LogP contribution in [-0.2, 0) is 16.1 Å². The third-order valence-corrected chi connectivity index (χ3v) is 4.45. The normalized spacial score (nSPS) is 14.8. The van der Waals surface area contributed by atoms with Crippen LogP contribution >= 0.6 is 15.9 Å². The van der Waals surface area contributed by atoms with E-state index in [2.05, 4.69) is 32.6 Å². The standard InChI is InChI=1S/C20H17BrN2O6/c1-3-8-28-16-6-4-13(21)9-12(16)10-15-18(24)23(20(26)22-15)11-14-5-7-17(29-14)19(25)27-2/h3-7,9-10H,1,8,11H2,2H3,(H,22,26). The van der Waals surface area contributed by atoms with E-state index < -0.39 is 17.9 Å². The molecule has 1 aromatic carbocycles. The predicted molar refractivity (Wildman–Crippen MR) is 107 cm³/mol. The Morgan fingerprint density at radius 3 is 2.83 bits per heavy atom. The zero-order valence-electron chi connectivity index (χ0n) is 15.4. The highest BCUT2D eigenvalue weighted by Gasteiger charge is 2.34. The number of hydrogen-bond donors (Lipinski definition) is 1. The maximum atomic E-state index is 12.7. The summed E-state index contributed by atoms with van der Waals surface area (Å²) in [4.78, 5) is 37.4. The smallest absolute Gasteiger partial charge is 0.373 e. The number of amides is 3. The zero-order valence-corrected chi connectivity index (χ0v) is 17.0. The van der Waals surface area contributed by atoms with Crippen molar-refractivity contribution in [2.75, 3.05) is 13.7 Å². The number of ether oxygens (including phenoxy) is 2. The van der Waals surface area contributed by atoms with E-state index in [-0.39, 0.29) is 23.8 Å². The van der Waals surface area contributed by atoms with Crippen LogP contribution in [0.2, 0.25) is 0 Å². The van der Waals surface area contributed by atoms with Crippen LogP contribution in [0.1, 0.15) is 21.9 Å². The zero-order chi connectivity index (χ0) is 21.0. The van der Waals surface area contributed by atoms with Gasteiger partial charge in [-0.05, 0) is 36.4 Å². The summed E-state index contributed by atoms with van der Waals surface area (Å²) in [6.45, 7) is 3.78. The first-order valence-corrected chi connectivity index (χ1v) is 9.27. The molecule has 0 aliphatic carbocycles. The summed E-state index contributed by atoms with van der Waals surface area (Å²) >= 11 is 3.38. The van der Waals surface area contributed by atoms with Crippen LogP contribution in [0.3, 0.4) is 0 Å². The molecule has 1 fully saturated rings. The van der Waals surface area contributed by atoms with E-state index in [0.29, 0.717) is 17.9 Å². The van der Waals surface area contributed by atoms with Gasteiger partial charge in [-0.3, -0.25) is 9.69 Å². The summed E-state index contributed by atoms with van der Waals surface area (Å²) in [5.74, 6) is -0.373. The molecule has 2 aromatic rings. The van der Waals surface area contributed by atoms with E-state index in [1.165, 1.54) is 25.3 Å². The van der Waals surface area contributed by atoms with Crippen molar-refractivity contribution in [3.8, 4) is 5.75 Å². The summed E-state index contributed by atoms with van der Waals surface area (Å²) in [6.07, 6.45) is 3.14. The number of nitrogens with one attached hydrogen (secondary N) is 1. The van der Waals surface area contributed by atoms with Crippen molar-refractivity contribution in [1.82, 2.24) is 10.2 Å². The SMILES string of the molecule is C=CCOc1ccc(Br)cc1C=C1NC(=O)N(Cc2ccc(C(=O)OC)o2)C1=O. The van der Waals surface area contributed by atoms with Crippen LogP contribution in [0, 0.1) is 0 Å². The van der Waals surface area contributed by atoms with Gasteiger partial charge in [0, 0.05) is 10.0 Å². The second-order valence-corrected chi connectivity index (χ2v) is 6.83. The minimum absolute atomic E-state index is 0.0107. The van der Waals surface area contributed by atoms with Gasteiger partial charge in [0.15, 0.2) is 0 Å². The minimum Gasteiger partial charge on any atom is -0.489 e. The van der Waals surface area contributed by atoms with E-state index in [1.54, 1.807) is 24.3 Å². The third kappa shape index (κ3) is 4.57. The first kappa shape index (κ1) is 20.4. The number of methoxy groups -OCH3 is 1. The molecule has 1 aliphatic rings. The van der Waals surface area contributed by atoms with Gasteiger partial charge >= 0.3 is 12.0 Å². The molecule has 1 saturated heterocycles. The highest BCUT2D eigenvalue weighted by atomic mass is 79.9. The summed E-state index contributed by atoms with van der Waals surface area (Å²) in [6, 6.07) is 7.64. The van der Waals surface area contributed by atoms with Crippen LogP contribution < -0.4 is 10.1 Å². The molecule has 0 unspecified atom stereocenters. The molecular weight excluding hydrogens is 444 g/mol. The third-order valence-electron chi connectivity index (χ3n) is 3.95. The highest BCUT2D eigenvalue weighted by Crippen LogP contribution is 2.27. The van der Waals surface area contributed by atoms with Crippen LogP contribution in [0.4, 0.5) is 4.79 Å². The first-order chi connectivity index (χ1) is 13.9. The number of rotatable bonds is 7. The molecule has 3 rings (SSSR count). The number of halogens is 1. The second-order valence-electron chi connectivity index (χ2n) is 5.92. The second kappa shape index (κ2) is 8.78. The molecular formula is C20H17BrN2O6. The quantitative estimate of drug-likeness (QED) is 0.294. The van der Waals surface area contributed by atoms with Crippen LogP contribution in [0.15, 0.2) is 57.6 Å². The van der Waals surface area contributed by atoms with Crippen molar-refractivity contribution in [2.24, 2.45) is 0 Å². The van der Waals surface area contributed by atoms with Gasteiger partial charge in [0.2, 0.25) is 5.76 Å². The van der Waals surface area contributed by atoms with Crippen LogP contribution in [0.5, 0.6) is 5.75 Å². The van der Waals surface area contributed by atoms with Gasteiger partial charge in [-0.1, -0.05) is 28.6 Å². The Hall–Kier alpha value is -3.33. The Labute approximate surface area is 174 Å². The lowest BCUT2D eigenvalue weighted by Crippen LogP contribution is -2.30. The van der Waals surface area contributed by atoms with E-state index in [4.69, 9.17) is 9.15 Å². The topological polar surface area (TPSA) is 98.1 Å². The Morgan fingerprint density at radius 2 is 2.10 bits per heavy atom. The maximum absolute atomic E-state index is 12.7. The lowest BCUT2D eigenvalue weighted by Gasteiger charge is -2.10. The Kier molecular flexibility index (Phi) is 6.18. The monoisotopic (exact) mass is 460 g/mol. The summed E-state index contributed by atoms with van der Waals surface area (Å²) in [5, 5.41) is 2.54. The molecule has 0 atom stereocenters. The largest absolute Gasteiger partial charge is 0.489 e.